The maximum Gasteiger partial charge on any atom is 0.271 e. The molecule has 4 aromatic rings. The van der Waals surface area contributed by atoms with Gasteiger partial charge in [-0.25, -0.2) is 0 Å². The van der Waals surface area contributed by atoms with Gasteiger partial charge < -0.3 is 10.6 Å². The Kier molecular flexibility index (Phi) is 7.65. The quantitative estimate of drug-likeness (QED) is 0.178. The zero-order chi connectivity index (χ0) is 25.7. The Balaban J connectivity index is 1.51. The standard InChI is InChI=1S/C26H26N6O3S/c1-17-4-9-20(10-5-17)27-15-24-29-30-26(31(24)21-11-6-18(2)7-12-21)36-16-25(33)28-23-14-22(32(34)35)13-8-19(23)3/h4-14,27H,15-16H2,1-3H3,(H,28,33). The molecule has 0 saturated carbocycles. The van der Waals surface area contributed by atoms with Crippen molar-refractivity contribution in [2.45, 2.75) is 32.5 Å². The number of aromatic nitrogens is 3. The van der Waals surface area contributed by atoms with E-state index in [-0.39, 0.29) is 17.3 Å². The number of anilines is 2. The van der Waals surface area contributed by atoms with E-state index in [0.29, 0.717) is 23.2 Å². The molecule has 1 aromatic heterocycles. The van der Waals surface area contributed by atoms with E-state index in [2.05, 4.69) is 20.8 Å². The Morgan fingerprint density at radius 3 is 2.31 bits per heavy atom. The van der Waals surface area contributed by atoms with Crippen molar-refractivity contribution in [1.82, 2.24) is 14.8 Å². The van der Waals surface area contributed by atoms with Crippen molar-refractivity contribution < 1.29 is 9.72 Å². The summed E-state index contributed by atoms with van der Waals surface area (Å²) in [7, 11) is 0. The second-order valence-corrected chi connectivity index (χ2v) is 9.33. The molecule has 0 fully saturated rings. The van der Waals surface area contributed by atoms with E-state index < -0.39 is 4.92 Å². The molecule has 3 aromatic carbocycles. The summed E-state index contributed by atoms with van der Waals surface area (Å²) >= 11 is 1.25. The number of carbonyl (C=O) groups is 1. The molecular weight excluding hydrogens is 476 g/mol. The lowest BCUT2D eigenvalue weighted by atomic mass is 10.2. The van der Waals surface area contributed by atoms with Crippen LogP contribution < -0.4 is 10.6 Å². The maximum absolute atomic E-state index is 12.7. The number of hydrogen-bond acceptors (Lipinski definition) is 7. The molecule has 0 saturated heterocycles. The molecular formula is C26H26N6O3S. The monoisotopic (exact) mass is 502 g/mol. The summed E-state index contributed by atoms with van der Waals surface area (Å²) in [4.78, 5) is 23.3. The highest BCUT2D eigenvalue weighted by Crippen LogP contribution is 2.25. The van der Waals surface area contributed by atoms with Gasteiger partial charge in [-0.3, -0.25) is 19.5 Å². The molecule has 1 heterocycles. The van der Waals surface area contributed by atoms with E-state index >= 15 is 0 Å². The van der Waals surface area contributed by atoms with Gasteiger partial charge in [0.1, 0.15) is 0 Å². The molecule has 0 bridgehead atoms. The number of non-ortho nitro benzene ring substituents is 1. The molecule has 184 valence electrons. The summed E-state index contributed by atoms with van der Waals surface area (Å²) in [6, 6.07) is 20.5. The summed E-state index contributed by atoms with van der Waals surface area (Å²) in [5, 5.41) is 26.5. The number of carbonyl (C=O) groups excluding carboxylic acids is 1. The fourth-order valence-corrected chi connectivity index (χ4v) is 4.26. The van der Waals surface area contributed by atoms with Crippen LogP contribution in [0.1, 0.15) is 22.5 Å². The zero-order valence-electron chi connectivity index (χ0n) is 20.2. The van der Waals surface area contributed by atoms with Crippen molar-refractivity contribution in [3.8, 4) is 5.69 Å². The molecule has 0 aliphatic rings. The predicted octanol–water partition coefficient (Wildman–Crippen LogP) is 5.44. The van der Waals surface area contributed by atoms with Crippen molar-refractivity contribution in [3.63, 3.8) is 0 Å². The highest BCUT2D eigenvalue weighted by Gasteiger charge is 2.17. The Morgan fingerprint density at radius 1 is 0.972 bits per heavy atom. The maximum atomic E-state index is 12.7. The van der Waals surface area contributed by atoms with E-state index in [1.54, 1.807) is 13.0 Å². The Hall–Kier alpha value is -4.18. The number of rotatable bonds is 9. The minimum absolute atomic E-state index is 0.0670. The van der Waals surface area contributed by atoms with Gasteiger partial charge in [0.05, 0.1) is 22.9 Å². The van der Waals surface area contributed by atoms with Crippen LogP contribution in [-0.4, -0.2) is 31.3 Å². The molecule has 4 rings (SSSR count). The molecule has 2 N–H and O–H groups in total. The number of nitro benzene ring substituents is 1. The summed E-state index contributed by atoms with van der Waals surface area (Å²) in [5.74, 6) is 0.482. The lowest BCUT2D eigenvalue weighted by Gasteiger charge is -2.12. The molecule has 9 nitrogen and oxygen atoms in total. The van der Waals surface area contributed by atoms with Crippen LogP contribution in [0.25, 0.3) is 5.69 Å². The number of benzene rings is 3. The number of nitrogens with one attached hydrogen (secondary N) is 2. The highest BCUT2D eigenvalue weighted by molar-refractivity contribution is 7.99. The van der Waals surface area contributed by atoms with E-state index in [4.69, 9.17) is 0 Å². The van der Waals surface area contributed by atoms with E-state index in [9.17, 15) is 14.9 Å². The Bertz CT molecular complexity index is 1380. The fourth-order valence-electron chi connectivity index (χ4n) is 3.49. The summed E-state index contributed by atoms with van der Waals surface area (Å²) < 4.78 is 1.93. The third kappa shape index (κ3) is 6.08. The smallest absolute Gasteiger partial charge is 0.271 e. The first-order chi connectivity index (χ1) is 17.3. The molecule has 10 heteroatoms. The Labute approximate surface area is 213 Å². The van der Waals surface area contributed by atoms with E-state index in [1.807, 2.05) is 66.9 Å². The SMILES string of the molecule is Cc1ccc(NCc2nnc(SCC(=O)Nc3cc([N+](=O)[O-])ccc3C)n2-c2ccc(C)cc2)cc1. The fraction of sp³-hybridized carbons (Fsp3) is 0.192. The van der Waals surface area contributed by atoms with Crippen molar-refractivity contribution >= 4 is 34.7 Å². The molecule has 0 spiro atoms. The number of amides is 1. The molecule has 36 heavy (non-hydrogen) atoms. The number of hydrogen-bond donors (Lipinski definition) is 2. The minimum atomic E-state index is -0.486. The summed E-state index contributed by atoms with van der Waals surface area (Å²) in [6.45, 7) is 6.29. The predicted molar refractivity (Wildman–Crippen MR) is 142 cm³/mol. The first-order valence-electron chi connectivity index (χ1n) is 11.3. The number of thioether (sulfide) groups is 1. The number of nitrogens with zero attached hydrogens (tertiary/aromatic N) is 4. The van der Waals surface area contributed by atoms with Crippen LogP contribution in [0.2, 0.25) is 0 Å². The van der Waals surface area contributed by atoms with Crippen LogP contribution in [0.3, 0.4) is 0 Å². The third-order valence-corrected chi connectivity index (χ3v) is 6.46. The van der Waals surface area contributed by atoms with Gasteiger partial charge in [0.2, 0.25) is 5.91 Å². The molecule has 0 atom stereocenters. The number of nitro groups is 1. The molecule has 0 unspecified atom stereocenters. The van der Waals surface area contributed by atoms with Crippen molar-refractivity contribution in [3.05, 3.63) is 99.4 Å². The van der Waals surface area contributed by atoms with Gasteiger partial charge in [-0.2, -0.15) is 0 Å². The third-order valence-electron chi connectivity index (χ3n) is 5.53. The normalized spacial score (nSPS) is 10.8. The average molecular weight is 503 g/mol. The van der Waals surface area contributed by atoms with Crippen LogP contribution in [0.5, 0.6) is 0 Å². The topological polar surface area (TPSA) is 115 Å². The highest BCUT2D eigenvalue weighted by atomic mass is 32.2. The first kappa shape index (κ1) is 24.9. The Morgan fingerprint density at radius 2 is 1.64 bits per heavy atom. The molecule has 1 amide bonds. The van der Waals surface area contributed by atoms with Gasteiger partial charge in [-0.15, -0.1) is 10.2 Å². The van der Waals surface area contributed by atoms with Crippen molar-refractivity contribution in [1.29, 1.82) is 0 Å². The first-order valence-corrected chi connectivity index (χ1v) is 12.3. The largest absolute Gasteiger partial charge is 0.378 e. The van der Waals surface area contributed by atoms with Crippen LogP contribution >= 0.6 is 11.8 Å². The van der Waals surface area contributed by atoms with Gasteiger partial charge in [-0.1, -0.05) is 53.2 Å². The average Bonchev–Trinajstić information content (AvgIpc) is 3.27. The summed E-state index contributed by atoms with van der Waals surface area (Å²) in [6.07, 6.45) is 0. The second-order valence-electron chi connectivity index (χ2n) is 8.38. The van der Waals surface area contributed by atoms with Crippen LogP contribution in [0, 0.1) is 30.9 Å². The van der Waals surface area contributed by atoms with Gasteiger partial charge in [0.15, 0.2) is 11.0 Å². The van der Waals surface area contributed by atoms with Crippen LogP contribution in [-0.2, 0) is 11.3 Å². The zero-order valence-corrected chi connectivity index (χ0v) is 21.0. The van der Waals surface area contributed by atoms with E-state index in [1.165, 1.54) is 29.5 Å². The van der Waals surface area contributed by atoms with E-state index in [0.717, 1.165) is 22.5 Å². The van der Waals surface area contributed by atoms with Gasteiger partial charge in [-0.05, 0) is 50.6 Å². The molecule has 0 aliphatic heterocycles. The lowest BCUT2D eigenvalue weighted by Crippen LogP contribution is -2.15. The minimum Gasteiger partial charge on any atom is -0.378 e. The van der Waals surface area contributed by atoms with Crippen LogP contribution in [0.4, 0.5) is 17.1 Å². The lowest BCUT2D eigenvalue weighted by molar-refractivity contribution is -0.384. The van der Waals surface area contributed by atoms with Crippen molar-refractivity contribution in [2.24, 2.45) is 0 Å². The van der Waals surface area contributed by atoms with Gasteiger partial charge >= 0.3 is 0 Å². The van der Waals surface area contributed by atoms with Crippen LogP contribution in [0.15, 0.2) is 71.9 Å². The summed E-state index contributed by atoms with van der Waals surface area (Å²) in [5.41, 5.74) is 5.26. The molecule has 0 aliphatic carbocycles. The van der Waals surface area contributed by atoms with Gasteiger partial charge in [0.25, 0.3) is 5.69 Å². The van der Waals surface area contributed by atoms with Crippen molar-refractivity contribution in [2.75, 3.05) is 16.4 Å². The second kappa shape index (κ2) is 11.0. The number of aryl methyl sites for hydroxylation is 3. The molecule has 0 radical (unpaired) electrons. The van der Waals surface area contributed by atoms with Gasteiger partial charge in [0, 0.05) is 23.5 Å².